The monoisotopic (exact) mass is 495 g/mol. The molecule has 0 spiro atoms. The van der Waals surface area contributed by atoms with Crippen molar-refractivity contribution < 1.29 is 23.5 Å². The molecule has 1 unspecified atom stereocenters. The second-order valence-electron chi connectivity index (χ2n) is 8.63. The van der Waals surface area contributed by atoms with Crippen molar-refractivity contribution in [3.05, 3.63) is 65.3 Å². The number of nitrogens with one attached hydrogen (secondary N) is 2. The molecule has 2 aliphatic rings. The first-order valence-corrected chi connectivity index (χ1v) is 12.5. The van der Waals surface area contributed by atoms with Gasteiger partial charge in [-0.25, -0.2) is 9.18 Å². The average Bonchev–Trinajstić information content (AvgIpc) is 3.37. The maximum Gasteiger partial charge on any atom is 0.319 e. The van der Waals surface area contributed by atoms with Crippen LogP contribution in [0.25, 0.3) is 10.4 Å². The second kappa shape index (κ2) is 10.4. The van der Waals surface area contributed by atoms with E-state index in [0.29, 0.717) is 43.4 Å². The van der Waals surface area contributed by atoms with Gasteiger partial charge in [-0.15, -0.1) is 11.3 Å². The van der Waals surface area contributed by atoms with Crippen molar-refractivity contribution in [1.82, 2.24) is 10.2 Å². The van der Waals surface area contributed by atoms with Crippen LogP contribution in [0.4, 0.5) is 14.9 Å². The Bertz CT molecular complexity index is 1230. The van der Waals surface area contributed by atoms with Gasteiger partial charge in [-0.3, -0.25) is 4.79 Å². The number of hydrogen-bond donors (Lipinski definition) is 2. The highest BCUT2D eigenvalue weighted by molar-refractivity contribution is 7.17. The summed E-state index contributed by atoms with van der Waals surface area (Å²) in [5.41, 5.74) is 1.39. The third kappa shape index (κ3) is 5.57. The summed E-state index contributed by atoms with van der Waals surface area (Å²) < 4.78 is 24.6. The number of carbonyl (C=O) groups excluding carboxylic acids is 2. The average molecular weight is 496 g/mol. The van der Waals surface area contributed by atoms with E-state index in [1.165, 1.54) is 23.5 Å². The molecular formula is C26H26FN3O4S. The SMILES string of the molecule is O=C(NCC1CCCN(C(=O)c2ccc(-c3ccc4c(c3)OCCO4)s2)C1)Nc1cccc(F)c1. The van der Waals surface area contributed by atoms with Crippen LogP contribution in [0, 0.1) is 11.7 Å². The van der Waals surface area contributed by atoms with Gasteiger partial charge < -0.3 is 25.0 Å². The summed E-state index contributed by atoms with van der Waals surface area (Å²) >= 11 is 1.46. The third-order valence-corrected chi connectivity index (χ3v) is 7.21. The van der Waals surface area contributed by atoms with Crippen LogP contribution in [0.5, 0.6) is 11.5 Å². The molecule has 2 aromatic carbocycles. The Morgan fingerprint density at radius 2 is 1.91 bits per heavy atom. The molecule has 3 heterocycles. The van der Waals surface area contributed by atoms with E-state index in [2.05, 4.69) is 10.6 Å². The first-order chi connectivity index (χ1) is 17.0. The van der Waals surface area contributed by atoms with E-state index in [9.17, 15) is 14.0 Å². The van der Waals surface area contributed by atoms with Crippen molar-refractivity contribution in [3.8, 4) is 21.9 Å². The number of benzene rings is 2. The van der Waals surface area contributed by atoms with Gasteiger partial charge in [0.15, 0.2) is 11.5 Å². The maximum absolute atomic E-state index is 13.3. The zero-order chi connectivity index (χ0) is 24.2. The van der Waals surface area contributed by atoms with Crippen molar-refractivity contribution >= 4 is 29.0 Å². The molecule has 35 heavy (non-hydrogen) atoms. The Kier molecular flexibility index (Phi) is 6.85. The number of thiophene rings is 1. The highest BCUT2D eigenvalue weighted by atomic mass is 32.1. The van der Waals surface area contributed by atoms with E-state index in [4.69, 9.17) is 9.47 Å². The third-order valence-electron chi connectivity index (χ3n) is 6.08. The largest absolute Gasteiger partial charge is 0.486 e. The van der Waals surface area contributed by atoms with E-state index >= 15 is 0 Å². The van der Waals surface area contributed by atoms with Crippen LogP contribution in [-0.4, -0.2) is 49.7 Å². The van der Waals surface area contributed by atoms with E-state index in [-0.39, 0.29) is 17.9 Å². The van der Waals surface area contributed by atoms with E-state index in [1.807, 2.05) is 35.2 Å². The van der Waals surface area contributed by atoms with Gasteiger partial charge >= 0.3 is 6.03 Å². The van der Waals surface area contributed by atoms with Gasteiger partial charge in [0.05, 0.1) is 4.88 Å². The lowest BCUT2D eigenvalue weighted by molar-refractivity contribution is 0.0680. The number of urea groups is 1. The minimum Gasteiger partial charge on any atom is -0.486 e. The number of nitrogens with zero attached hydrogens (tertiary/aromatic N) is 1. The Morgan fingerprint density at radius 3 is 2.77 bits per heavy atom. The molecule has 0 saturated carbocycles. The predicted molar refractivity (Wildman–Crippen MR) is 133 cm³/mol. The smallest absolute Gasteiger partial charge is 0.319 e. The molecule has 1 fully saturated rings. The fraction of sp³-hybridized carbons (Fsp3) is 0.308. The van der Waals surface area contributed by atoms with Crippen LogP contribution in [0.3, 0.4) is 0 Å². The van der Waals surface area contributed by atoms with Crippen molar-refractivity contribution in [2.24, 2.45) is 5.92 Å². The molecule has 3 amide bonds. The highest BCUT2D eigenvalue weighted by Gasteiger charge is 2.26. The number of ether oxygens (including phenoxy) is 2. The summed E-state index contributed by atoms with van der Waals surface area (Å²) in [5.74, 6) is 1.22. The Hall–Kier alpha value is -3.59. The Labute approximate surface area is 206 Å². The van der Waals surface area contributed by atoms with Crippen molar-refractivity contribution in [2.45, 2.75) is 12.8 Å². The van der Waals surface area contributed by atoms with Crippen LogP contribution in [0.2, 0.25) is 0 Å². The molecule has 182 valence electrons. The summed E-state index contributed by atoms with van der Waals surface area (Å²) in [6, 6.07) is 15.0. The van der Waals surface area contributed by atoms with E-state index < -0.39 is 5.82 Å². The molecule has 0 radical (unpaired) electrons. The first kappa shape index (κ1) is 23.2. The van der Waals surface area contributed by atoms with Crippen molar-refractivity contribution in [3.63, 3.8) is 0 Å². The molecule has 2 aliphatic heterocycles. The molecule has 0 bridgehead atoms. The predicted octanol–water partition coefficient (Wildman–Crippen LogP) is 5.00. The van der Waals surface area contributed by atoms with Gasteiger partial charge in [-0.1, -0.05) is 6.07 Å². The van der Waals surface area contributed by atoms with Crippen molar-refractivity contribution in [1.29, 1.82) is 0 Å². The zero-order valence-corrected chi connectivity index (χ0v) is 19.9. The fourth-order valence-corrected chi connectivity index (χ4v) is 5.33. The lowest BCUT2D eigenvalue weighted by Crippen LogP contribution is -2.44. The fourth-order valence-electron chi connectivity index (χ4n) is 4.36. The molecule has 1 atom stereocenters. The molecule has 1 saturated heterocycles. The molecule has 7 nitrogen and oxygen atoms in total. The Morgan fingerprint density at radius 1 is 1.06 bits per heavy atom. The number of carbonyl (C=O) groups is 2. The molecule has 9 heteroatoms. The number of halogens is 1. The van der Waals surface area contributed by atoms with E-state index in [0.717, 1.165) is 34.8 Å². The number of rotatable bonds is 5. The van der Waals surface area contributed by atoms with Crippen LogP contribution in [-0.2, 0) is 0 Å². The minimum atomic E-state index is -0.407. The number of fused-ring (bicyclic) bond motifs is 1. The summed E-state index contributed by atoms with van der Waals surface area (Å²) in [4.78, 5) is 28.9. The zero-order valence-electron chi connectivity index (χ0n) is 19.1. The van der Waals surface area contributed by atoms with Gasteiger partial charge in [0, 0.05) is 30.2 Å². The van der Waals surface area contributed by atoms with Gasteiger partial charge in [-0.05, 0) is 72.9 Å². The van der Waals surface area contributed by atoms with Crippen LogP contribution in [0.15, 0.2) is 54.6 Å². The van der Waals surface area contributed by atoms with Crippen molar-refractivity contribution in [2.75, 3.05) is 38.2 Å². The minimum absolute atomic E-state index is 0.00713. The molecule has 2 N–H and O–H groups in total. The van der Waals surface area contributed by atoms with Crippen LogP contribution >= 0.6 is 11.3 Å². The van der Waals surface area contributed by atoms with Gasteiger partial charge in [0.25, 0.3) is 5.91 Å². The summed E-state index contributed by atoms with van der Waals surface area (Å²) in [6.45, 7) is 2.80. The summed E-state index contributed by atoms with van der Waals surface area (Å²) in [6.07, 6.45) is 1.81. The Balaban J connectivity index is 1.17. The van der Waals surface area contributed by atoms with Gasteiger partial charge in [0.2, 0.25) is 0 Å². The molecule has 0 aliphatic carbocycles. The number of piperidine rings is 1. The molecular weight excluding hydrogens is 469 g/mol. The standard InChI is InChI=1S/C26H26FN3O4S/c27-19-4-1-5-20(14-19)29-26(32)28-15-17-3-2-10-30(16-17)25(31)24-9-8-23(35-24)18-6-7-21-22(13-18)34-12-11-33-21/h1,4-9,13-14,17H,2-3,10-12,15-16H2,(H2,28,29,32). The lowest BCUT2D eigenvalue weighted by Gasteiger charge is -2.32. The van der Waals surface area contributed by atoms with Gasteiger partial charge in [0.1, 0.15) is 19.0 Å². The van der Waals surface area contributed by atoms with Crippen LogP contribution in [0.1, 0.15) is 22.5 Å². The molecule has 5 rings (SSSR count). The normalized spacial score (nSPS) is 17.1. The lowest BCUT2D eigenvalue weighted by atomic mass is 9.98. The maximum atomic E-state index is 13.3. The quantitative estimate of drug-likeness (QED) is 0.522. The number of anilines is 1. The molecule has 3 aromatic rings. The van der Waals surface area contributed by atoms with E-state index in [1.54, 1.807) is 12.1 Å². The highest BCUT2D eigenvalue weighted by Crippen LogP contribution is 2.37. The first-order valence-electron chi connectivity index (χ1n) is 11.6. The van der Waals surface area contributed by atoms with Crippen LogP contribution < -0.4 is 20.1 Å². The topological polar surface area (TPSA) is 79.9 Å². The molecule has 1 aromatic heterocycles. The summed E-state index contributed by atoms with van der Waals surface area (Å²) in [5, 5.41) is 5.47. The second-order valence-corrected chi connectivity index (χ2v) is 9.71. The number of amides is 3. The number of hydrogen-bond acceptors (Lipinski definition) is 5. The number of likely N-dealkylation sites (tertiary alicyclic amines) is 1. The van der Waals surface area contributed by atoms with Gasteiger partial charge in [-0.2, -0.15) is 0 Å². The summed E-state index contributed by atoms with van der Waals surface area (Å²) in [7, 11) is 0.